The molecule has 0 aliphatic carbocycles. The molecule has 3 heteroatoms. The molecule has 2 unspecified atom stereocenters. The van der Waals surface area contributed by atoms with Gasteiger partial charge in [0.2, 0.25) is 0 Å². The van der Waals surface area contributed by atoms with E-state index in [0.717, 1.165) is 13.0 Å². The molecule has 1 aliphatic heterocycles. The van der Waals surface area contributed by atoms with E-state index in [0.29, 0.717) is 18.1 Å². The first kappa shape index (κ1) is 13.9. The Morgan fingerprint density at radius 3 is 2.75 bits per heavy atom. The van der Waals surface area contributed by atoms with E-state index < -0.39 is 0 Å². The minimum atomic E-state index is 0.597. The van der Waals surface area contributed by atoms with Gasteiger partial charge in [0.25, 0.3) is 0 Å². The number of piperidine rings is 1. The van der Waals surface area contributed by atoms with Crippen LogP contribution < -0.4 is 5.32 Å². The Bertz CT molecular complexity index is 185. The average molecular weight is 228 g/mol. The van der Waals surface area contributed by atoms with Gasteiger partial charge in [-0.15, -0.1) is 0 Å². The fourth-order valence-corrected chi connectivity index (χ4v) is 2.49. The van der Waals surface area contributed by atoms with Crippen molar-refractivity contribution in [3.8, 4) is 0 Å². The smallest absolute Gasteiger partial charge is 0.0477 e. The molecule has 1 aliphatic rings. The van der Waals surface area contributed by atoms with Crippen LogP contribution in [0.5, 0.6) is 0 Å². The van der Waals surface area contributed by atoms with Crippen molar-refractivity contribution in [3.05, 3.63) is 0 Å². The van der Waals surface area contributed by atoms with Gasteiger partial charge >= 0.3 is 0 Å². The minimum absolute atomic E-state index is 0.597. The Morgan fingerprint density at radius 2 is 2.12 bits per heavy atom. The zero-order valence-electron chi connectivity index (χ0n) is 11.3. The first-order valence-electron chi connectivity index (χ1n) is 6.62. The first-order valence-corrected chi connectivity index (χ1v) is 6.62. The van der Waals surface area contributed by atoms with Crippen molar-refractivity contribution in [1.29, 1.82) is 0 Å². The summed E-state index contributed by atoms with van der Waals surface area (Å²) in [5.74, 6) is 0. The van der Waals surface area contributed by atoms with E-state index in [4.69, 9.17) is 4.74 Å². The second kappa shape index (κ2) is 7.25. The summed E-state index contributed by atoms with van der Waals surface area (Å²) >= 11 is 0. The average Bonchev–Trinajstić information content (AvgIpc) is 2.25. The van der Waals surface area contributed by atoms with Gasteiger partial charge < -0.3 is 10.1 Å². The van der Waals surface area contributed by atoms with Gasteiger partial charge in [-0.1, -0.05) is 13.8 Å². The summed E-state index contributed by atoms with van der Waals surface area (Å²) in [6.45, 7) is 10.1. The summed E-state index contributed by atoms with van der Waals surface area (Å²) in [4.78, 5) is 2.60. The quantitative estimate of drug-likeness (QED) is 0.751. The van der Waals surface area contributed by atoms with E-state index in [1.165, 1.54) is 25.9 Å². The van der Waals surface area contributed by atoms with Gasteiger partial charge in [-0.25, -0.2) is 0 Å². The third kappa shape index (κ3) is 4.81. The van der Waals surface area contributed by atoms with Crippen molar-refractivity contribution in [3.63, 3.8) is 0 Å². The standard InChI is InChI=1S/C13H28N2O/c1-11(2)14-13-6-5-8-15(10-13)12(3)7-9-16-4/h11-14H,5-10H2,1-4H3. The van der Waals surface area contributed by atoms with Crippen LogP contribution in [0, 0.1) is 0 Å². The SMILES string of the molecule is COCCC(C)N1CCCC(NC(C)C)C1. The van der Waals surface area contributed by atoms with Crippen molar-refractivity contribution in [2.24, 2.45) is 0 Å². The summed E-state index contributed by atoms with van der Waals surface area (Å²) in [6.07, 6.45) is 3.79. The van der Waals surface area contributed by atoms with E-state index in [1.807, 2.05) is 0 Å². The van der Waals surface area contributed by atoms with Gasteiger partial charge in [-0.3, -0.25) is 4.90 Å². The normalized spacial score (nSPS) is 24.9. The number of nitrogens with zero attached hydrogens (tertiary/aromatic N) is 1. The van der Waals surface area contributed by atoms with Gasteiger partial charge in [-0.2, -0.15) is 0 Å². The van der Waals surface area contributed by atoms with Crippen LogP contribution in [0.2, 0.25) is 0 Å². The van der Waals surface area contributed by atoms with Crippen molar-refractivity contribution in [2.75, 3.05) is 26.8 Å². The number of hydrogen-bond acceptors (Lipinski definition) is 3. The molecule has 0 aromatic rings. The molecule has 0 amide bonds. The van der Waals surface area contributed by atoms with Crippen LogP contribution in [-0.4, -0.2) is 49.8 Å². The van der Waals surface area contributed by atoms with Gasteiger partial charge in [0.1, 0.15) is 0 Å². The molecule has 0 radical (unpaired) electrons. The molecular formula is C13H28N2O. The molecule has 0 bridgehead atoms. The predicted molar refractivity (Wildman–Crippen MR) is 68.8 cm³/mol. The lowest BCUT2D eigenvalue weighted by molar-refractivity contribution is 0.107. The third-order valence-electron chi connectivity index (χ3n) is 3.38. The summed E-state index contributed by atoms with van der Waals surface area (Å²) < 4.78 is 5.15. The second-order valence-electron chi connectivity index (χ2n) is 5.29. The first-order chi connectivity index (χ1) is 7.63. The van der Waals surface area contributed by atoms with Crippen LogP contribution in [0.15, 0.2) is 0 Å². The molecule has 1 N–H and O–H groups in total. The maximum absolute atomic E-state index is 5.15. The van der Waals surface area contributed by atoms with Gasteiger partial charge in [0, 0.05) is 38.4 Å². The molecule has 3 nitrogen and oxygen atoms in total. The molecule has 0 saturated carbocycles. The molecule has 0 spiro atoms. The second-order valence-corrected chi connectivity index (χ2v) is 5.29. The van der Waals surface area contributed by atoms with Crippen molar-refractivity contribution < 1.29 is 4.74 Å². The van der Waals surface area contributed by atoms with Crippen molar-refractivity contribution >= 4 is 0 Å². The highest BCUT2D eigenvalue weighted by atomic mass is 16.5. The fraction of sp³-hybridized carbons (Fsp3) is 1.00. The van der Waals surface area contributed by atoms with Gasteiger partial charge in [0.05, 0.1) is 0 Å². The van der Waals surface area contributed by atoms with Crippen LogP contribution in [0.25, 0.3) is 0 Å². The maximum Gasteiger partial charge on any atom is 0.0477 e. The summed E-state index contributed by atoms with van der Waals surface area (Å²) in [5, 5.41) is 3.65. The fourth-order valence-electron chi connectivity index (χ4n) is 2.49. The summed E-state index contributed by atoms with van der Waals surface area (Å²) in [5.41, 5.74) is 0. The Labute approximate surface area is 101 Å². The highest BCUT2D eigenvalue weighted by molar-refractivity contribution is 4.82. The van der Waals surface area contributed by atoms with E-state index >= 15 is 0 Å². The summed E-state index contributed by atoms with van der Waals surface area (Å²) in [6, 6.07) is 1.93. The number of likely N-dealkylation sites (tertiary alicyclic amines) is 1. The minimum Gasteiger partial charge on any atom is -0.385 e. The zero-order chi connectivity index (χ0) is 12.0. The monoisotopic (exact) mass is 228 g/mol. The van der Waals surface area contributed by atoms with Crippen LogP contribution in [0.3, 0.4) is 0 Å². The van der Waals surface area contributed by atoms with E-state index in [9.17, 15) is 0 Å². The molecule has 1 saturated heterocycles. The van der Waals surface area contributed by atoms with E-state index in [-0.39, 0.29) is 0 Å². The maximum atomic E-state index is 5.15. The highest BCUT2D eigenvalue weighted by Gasteiger charge is 2.23. The van der Waals surface area contributed by atoms with Crippen LogP contribution in [0.1, 0.15) is 40.0 Å². The van der Waals surface area contributed by atoms with Crippen LogP contribution >= 0.6 is 0 Å². The lowest BCUT2D eigenvalue weighted by atomic mass is 10.0. The van der Waals surface area contributed by atoms with E-state index in [2.05, 4.69) is 31.0 Å². The molecule has 96 valence electrons. The molecule has 16 heavy (non-hydrogen) atoms. The molecule has 2 atom stereocenters. The lowest BCUT2D eigenvalue weighted by Crippen LogP contribution is -2.50. The number of rotatable bonds is 6. The molecular weight excluding hydrogens is 200 g/mol. The molecule has 1 heterocycles. The number of methoxy groups -OCH3 is 1. The molecule has 0 aromatic heterocycles. The van der Waals surface area contributed by atoms with Crippen LogP contribution in [-0.2, 0) is 4.74 Å². The number of nitrogens with one attached hydrogen (secondary N) is 1. The molecule has 0 aromatic carbocycles. The predicted octanol–water partition coefficient (Wildman–Crippen LogP) is 1.87. The number of ether oxygens (including phenoxy) is 1. The molecule has 1 rings (SSSR count). The topological polar surface area (TPSA) is 24.5 Å². The Hall–Kier alpha value is -0.120. The molecule has 1 fully saturated rings. The van der Waals surface area contributed by atoms with Gasteiger partial charge in [-0.05, 0) is 32.7 Å². The van der Waals surface area contributed by atoms with Crippen molar-refractivity contribution in [2.45, 2.75) is 58.2 Å². The Kier molecular flexibility index (Phi) is 6.32. The Morgan fingerprint density at radius 1 is 1.38 bits per heavy atom. The largest absolute Gasteiger partial charge is 0.385 e. The van der Waals surface area contributed by atoms with Crippen molar-refractivity contribution in [1.82, 2.24) is 10.2 Å². The van der Waals surface area contributed by atoms with Crippen LogP contribution in [0.4, 0.5) is 0 Å². The zero-order valence-corrected chi connectivity index (χ0v) is 11.3. The highest BCUT2D eigenvalue weighted by Crippen LogP contribution is 2.15. The number of hydrogen-bond donors (Lipinski definition) is 1. The summed E-state index contributed by atoms with van der Waals surface area (Å²) in [7, 11) is 1.78. The third-order valence-corrected chi connectivity index (χ3v) is 3.38. The van der Waals surface area contributed by atoms with Gasteiger partial charge in [0.15, 0.2) is 0 Å². The Balaban J connectivity index is 2.31. The lowest BCUT2D eigenvalue weighted by Gasteiger charge is -2.38. The van der Waals surface area contributed by atoms with E-state index in [1.54, 1.807) is 7.11 Å².